The van der Waals surface area contributed by atoms with Crippen LogP contribution in [0.1, 0.15) is 26.3 Å². The number of nitrogens with one attached hydrogen (secondary N) is 3. The van der Waals surface area contributed by atoms with Crippen LogP contribution in [-0.2, 0) is 10.0 Å². The minimum atomic E-state index is -3.82. The minimum absolute atomic E-state index is 0.107. The number of carbonyl (C=O) groups is 2. The van der Waals surface area contributed by atoms with Crippen LogP contribution in [0.2, 0.25) is 5.02 Å². The van der Waals surface area contributed by atoms with E-state index >= 15 is 0 Å². The summed E-state index contributed by atoms with van der Waals surface area (Å²) >= 11 is 7.15. The van der Waals surface area contributed by atoms with Gasteiger partial charge in [0.05, 0.1) is 28.1 Å². The van der Waals surface area contributed by atoms with Crippen molar-refractivity contribution in [2.75, 3.05) is 10.0 Å². The third kappa shape index (κ3) is 6.16. The summed E-state index contributed by atoms with van der Waals surface area (Å²) in [6.07, 6.45) is 1.40. The Morgan fingerprint density at radius 1 is 0.861 bits per heavy atom. The van der Waals surface area contributed by atoms with Crippen LogP contribution >= 0.6 is 22.9 Å². The highest BCUT2D eigenvalue weighted by atomic mass is 35.5. The molecule has 1 heterocycles. The lowest BCUT2D eigenvalue weighted by atomic mass is 10.2. The molecule has 0 radical (unpaired) electrons. The topological polar surface area (TPSA) is 117 Å². The molecule has 36 heavy (non-hydrogen) atoms. The van der Waals surface area contributed by atoms with Crippen LogP contribution in [-0.4, -0.2) is 26.4 Å². The van der Waals surface area contributed by atoms with Crippen molar-refractivity contribution in [2.45, 2.75) is 4.21 Å². The molecule has 11 heteroatoms. The van der Waals surface area contributed by atoms with E-state index in [1.54, 1.807) is 72.1 Å². The predicted octanol–water partition coefficient (Wildman–Crippen LogP) is 5.22. The SMILES string of the molecule is O=C(Nc1cccc(/C=N\NC(=O)c2ccccc2NS(=O)(=O)c2cccs2)c1)c1ccccc1Cl. The number of anilines is 2. The van der Waals surface area contributed by atoms with Gasteiger partial charge in [-0.3, -0.25) is 14.3 Å². The van der Waals surface area contributed by atoms with Crippen molar-refractivity contribution in [3.8, 4) is 0 Å². The Morgan fingerprint density at radius 3 is 2.36 bits per heavy atom. The lowest BCUT2D eigenvalue weighted by Crippen LogP contribution is -2.21. The average molecular weight is 539 g/mol. The van der Waals surface area contributed by atoms with Crippen molar-refractivity contribution in [3.05, 3.63) is 112 Å². The predicted molar refractivity (Wildman–Crippen MR) is 142 cm³/mol. The number of hydrazone groups is 1. The van der Waals surface area contributed by atoms with Gasteiger partial charge in [0.1, 0.15) is 4.21 Å². The number of halogens is 1. The van der Waals surface area contributed by atoms with Gasteiger partial charge in [0.25, 0.3) is 21.8 Å². The number of thiophene rings is 1. The van der Waals surface area contributed by atoms with Crippen molar-refractivity contribution >= 4 is 62.4 Å². The van der Waals surface area contributed by atoms with Crippen LogP contribution in [0, 0.1) is 0 Å². The molecule has 0 aliphatic rings. The van der Waals surface area contributed by atoms with E-state index < -0.39 is 15.9 Å². The smallest absolute Gasteiger partial charge is 0.273 e. The summed E-state index contributed by atoms with van der Waals surface area (Å²) in [6.45, 7) is 0. The van der Waals surface area contributed by atoms with E-state index in [-0.39, 0.29) is 21.4 Å². The fourth-order valence-electron chi connectivity index (χ4n) is 3.15. The number of carbonyl (C=O) groups excluding carboxylic acids is 2. The van der Waals surface area contributed by atoms with E-state index in [0.29, 0.717) is 21.8 Å². The molecule has 3 aromatic carbocycles. The Labute approximate surface area is 216 Å². The van der Waals surface area contributed by atoms with Gasteiger partial charge in [-0.2, -0.15) is 5.10 Å². The number of hydrogen-bond acceptors (Lipinski definition) is 6. The zero-order valence-electron chi connectivity index (χ0n) is 18.5. The molecule has 0 fully saturated rings. The summed E-state index contributed by atoms with van der Waals surface area (Å²) in [5.74, 6) is -0.955. The first-order chi connectivity index (χ1) is 17.3. The molecule has 182 valence electrons. The molecular formula is C25H19ClN4O4S2. The Hall–Kier alpha value is -3.99. The summed E-state index contributed by atoms with van der Waals surface area (Å²) in [7, 11) is -3.82. The highest BCUT2D eigenvalue weighted by molar-refractivity contribution is 7.94. The minimum Gasteiger partial charge on any atom is -0.322 e. The fraction of sp³-hybridized carbons (Fsp3) is 0. The van der Waals surface area contributed by atoms with E-state index in [1.165, 1.54) is 24.4 Å². The van der Waals surface area contributed by atoms with Crippen molar-refractivity contribution < 1.29 is 18.0 Å². The molecule has 0 spiro atoms. The third-order valence-corrected chi connectivity index (χ3v) is 7.91. The molecule has 1 aromatic heterocycles. The Morgan fingerprint density at radius 2 is 1.61 bits per heavy atom. The van der Waals surface area contributed by atoms with Gasteiger partial charge >= 0.3 is 0 Å². The summed E-state index contributed by atoms with van der Waals surface area (Å²) in [4.78, 5) is 25.2. The van der Waals surface area contributed by atoms with Gasteiger partial charge in [-0.1, -0.05) is 54.1 Å². The number of nitrogens with zero attached hydrogens (tertiary/aromatic N) is 1. The molecule has 0 aliphatic carbocycles. The molecule has 0 bridgehead atoms. The quantitative estimate of drug-likeness (QED) is 0.211. The molecule has 8 nitrogen and oxygen atoms in total. The average Bonchev–Trinajstić information content (AvgIpc) is 3.41. The van der Waals surface area contributed by atoms with Gasteiger partial charge in [-0.15, -0.1) is 11.3 Å². The fourth-order valence-corrected chi connectivity index (χ4v) is 5.44. The second-order valence-corrected chi connectivity index (χ2v) is 10.6. The first kappa shape index (κ1) is 25.1. The van der Waals surface area contributed by atoms with Crippen LogP contribution in [0.5, 0.6) is 0 Å². The second-order valence-electron chi connectivity index (χ2n) is 7.34. The molecule has 0 saturated heterocycles. The maximum absolute atomic E-state index is 12.7. The molecule has 0 saturated carbocycles. The summed E-state index contributed by atoms with van der Waals surface area (Å²) in [5.41, 5.74) is 4.10. The van der Waals surface area contributed by atoms with Gasteiger partial charge in [-0.25, -0.2) is 13.8 Å². The zero-order valence-corrected chi connectivity index (χ0v) is 20.9. The van der Waals surface area contributed by atoms with E-state index in [4.69, 9.17) is 11.6 Å². The normalized spacial score (nSPS) is 11.2. The number of hydrogen-bond donors (Lipinski definition) is 3. The van der Waals surface area contributed by atoms with E-state index in [1.807, 2.05) is 0 Å². The first-order valence-electron chi connectivity index (χ1n) is 10.5. The molecule has 0 aliphatic heterocycles. The van der Waals surface area contributed by atoms with Crippen LogP contribution in [0.25, 0.3) is 0 Å². The van der Waals surface area contributed by atoms with Gasteiger partial charge in [-0.05, 0) is 53.4 Å². The molecule has 0 atom stereocenters. The third-order valence-electron chi connectivity index (χ3n) is 4.82. The number of amides is 2. The van der Waals surface area contributed by atoms with Crippen molar-refractivity contribution in [1.29, 1.82) is 0 Å². The maximum Gasteiger partial charge on any atom is 0.273 e. The molecule has 2 amide bonds. The molecular weight excluding hydrogens is 520 g/mol. The lowest BCUT2D eigenvalue weighted by molar-refractivity contribution is 0.0955. The van der Waals surface area contributed by atoms with Crippen molar-refractivity contribution in [3.63, 3.8) is 0 Å². The number of rotatable bonds is 8. The Kier molecular flexibility index (Phi) is 7.79. The Balaban J connectivity index is 1.43. The van der Waals surface area contributed by atoms with Crippen molar-refractivity contribution in [2.24, 2.45) is 5.10 Å². The standard InChI is InChI=1S/C25H19ClN4O4S2/c26-21-11-3-1-9-19(21)24(31)28-18-8-5-7-17(15-18)16-27-29-25(32)20-10-2-4-12-22(20)30-36(33,34)23-13-6-14-35-23/h1-16,30H,(H,28,31)(H,29,32)/b27-16-. The first-order valence-corrected chi connectivity index (χ1v) is 13.2. The molecule has 4 aromatic rings. The number of benzene rings is 3. The molecule has 0 unspecified atom stereocenters. The molecule has 4 rings (SSSR count). The van der Waals surface area contributed by atoms with Gasteiger partial charge in [0.2, 0.25) is 0 Å². The van der Waals surface area contributed by atoms with Crippen LogP contribution in [0.3, 0.4) is 0 Å². The van der Waals surface area contributed by atoms with E-state index in [2.05, 4.69) is 20.6 Å². The van der Waals surface area contributed by atoms with Crippen molar-refractivity contribution in [1.82, 2.24) is 5.43 Å². The maximum atomic E-state index is 12.7. The van der Waals surface area contributed by atoms with Crippen LogP contribution in [0.4, 0.5) is 11.4 Å². The summed E-state index contributed by atoms with van der Waals surface area (Å²) < 4.78 is 27.7. The number of para-hydroxylation sites is 1. The number of sulfonamides is 1. The largest absolute Gasteiger partial charge is 0.322 e. The van der Waals surface area contributed by atoms with E-state index in [0.717, 1.165) is 11.3 Å². The summed E-state index contributed by atoms with van der Waals surface area (Å²) in [6, 6.07) is 22.9. The zero-order chi connectivity index (χ0) is 25.5. The van der Waals surface area contributed by atoms with E-state index in [9.17, 15) is 18.0 Å². The second kappa shape index (κ2) is 11.2. The summed E-state index contributed by atoms with van der Waals surface area (Å²) in [5, 5.41) is 8.73. The van der Waals surface area contributed by atoms with Crippen LogP contribution in [0.15, 0.2) is 99.6 Å². The van der Waals surface area contributed by atoms with Gasteiger partial charge in [0.15, 0.2) is 0 Å². The Bertz CT molecular complexity index is 1540. The monoisotopic (exact) mass is 538 g/mol. The lowest BCUT2D eigenvalue weighted by Gasteiger charge is -2.10. The van der Waals surface area contributed by atoms with Crippen LogP contribution < -0.4 is 15.5 Å². The molecule has 3 N–H and O–H groups in total. The van der Waals surface area contributed by atoms with Gasteiger partial charge < -0.3 is 5.32 Å². The van der Waals surface area contributed by atoms with Gasteiger partial charge in [0, 0.05) is 5.69 Å². The highest BCUT2D eigenvalue weighted by Gasteiger charge is 2.19. The highest BCUT2D eigenvalue weighted by Crippen LogP contribution is 2.23.